The largest absolute Gasteiger partial charge is 0.492 e. The van der Waals surface area contributed by atoms with Crippen LogP contribution in [0, 0.1) is 0 Å². The third-order valence-electron chi connectivity index (χ3n) is 3.34. The minimum Gasteiger partial charge on any atom is -0.492 e. The van der Waals surface area contributed by atoms with Crippen molar-refractivity contribution in [3.8, 4) is 5.75 Å². The van der Waals surface area contributed by atoms with E-state index in [0.29, 0.717) is 17.9 Å². The number of nitrogens with one attached hydrogen (secondary N) is 1. The molecule has 0 aliphatic heterocycles. The van der Waals surface area contributed by atoms with Gasteiger partial charge in [0.05, 0.1) is 12.1 Å². The molecule has 144 valence electrons. The average molecular weight is 371 g/mol. The van der Waals surface area contributed by atoms with Gasteiger partial charge in [-0.25, -0.2) is 9.59 Å². The molecule has 2 aromatic rings. The van der Waals surface area contributed by atoms with Crippen LogP contribution in [-0.4, -0.2) is 30.8 Å². The van der Waals surface area contributed by atoms with Crippen molar-refractivity contribution in [2.24, 2.45) is 0 Å². The molecule has 0 bridgehead atoms. The van der Waals surface area contributed by atoms with Crippen LogP contribution in [0.3, 0.4) is 0 Å². The van der Waals surface area contributed by atoms with E-state index < -0.39 is 11.7 Å². The summed E-state index contributed by atoms with van der Waals surface area (Å²) in [5, 5.41) is 2.62. The Bertz CT molecular complexity index is 735. The van der Waals surface area contributed by atoms with E-state index in [9.17, 15) is 9.59 Å². The second-order valence-electron chi connectivity index (χ2n) is 6.86. The summed E-state index contributed by atoms with van der Waals surface area (Å²) in [7, 11) is 0. The zero-order chi connectivity index (χ0) is 19.7. The minimum absolute atomic E-state index is 0.222. The van der Waals surface area contributed by atoms with E-state index in [-0.39, 0.29) is 19.2 Å². The first kappa shape index (κ1) is 20.3. The molecule has 2 rings (SSSR count). The number of hydrogen-bond donors (Lipinski definition) is 1. The highest BCUT2D eigenvalue weighted by Gasteiger charge is 2.17. The van der Waals surface area contributed by atoms with E-state index in [1.54, 1.807) is 24.3 Å². The highest BCUT2D eigenvalue weighted by Crippen LogP contribution is 2.16. The molecule has 0 saturated carbocycles. The molecule has 2 aromatic carbocycles. The molecule has 1 amide bonds. The quantitative estimate of drug-likeness (QED) is 0.589. The van der Waals surface area contributed by atoms with Crippen LogP contribution in [0.25, 0.3) is 0 Å². The Labute approximate surface area is 159 Å². The van der Waals surface area contributed by atoms with E-state index in [4.69, 9.17) is 14.2 Å². The number of carbonyl (C=O) groups excluding carboxylic acids is 2. The van der Waals surface area contributed by atoms with Gasteiger partial charge in [0.1, 0.15) is 24.6 Å². The number of benzene rings is 2. The first-order valence-electron chi connectivity index (χ1n) is 8.74. The second kappa shape index (κ2) is 9.62. The standard InChI is InChI=1S/C21H25NO5/c1-21(2,3)27-19(23)17-9-11-18(12-10-17)25-14-13-22-20(24)26-15-16-7-5-4-6-8-16/h4-12H,13-15H2,1-3H3,(H,22,24). The van der Waals surface area contributed by atoms with Crippen molar-refractivity contribution in [2.45, 2.75) is 33.0 Å². The van der Waals surface area contributed by atoms with Gasteiger partial charge in [0.25, 0.3) is 0 Å². The minimum atomic E-state index is -0.535. The van der Waals surface area contributed by atoms with Crippen molar-refractivity contribution in [2.75, 3.05) is 13.2 Å². The summed E-state index contributed by atoms with van der Waals surface area (Å²) >= 11 is 0. The fourth-order valence-corrected chi connectivity index (χ4v) is 2.12. The molecule has 0 fully saturated rings. The molecule has 0 aliphatic rings. The van der Waals surface area contributed by atoms with Crippen molar-refractivity contribution in [1.82, 2.24) is 5.32 Å². The molecule has 0 unspecified atom stereocenters. The predicted octanol–water partition coefficient (Wildman–Crippen LogP) is 3.95. The predicted molar refractivity (Wildman–Crippen MR) is 102 cm³/mol. The summed E-state index contributed by atoms with van der Waals surface area (Å²) in [4.78, 5) is 23.6. The van der Waals surface area contributed by atoms with Gasteiger partial charge in [-0.3, -0.25) is 0 Å². The van der Waals surface area contributed by atoms with Crippen LogP contribution in [0.5, 0.6) is 5.75 Å². The van der Waals surface area contributed by atoms with Crippen LogP contribution in [0.2, 0.25) is 0 Å². The Balaban J connectivity index is 1.66. The van der Waals surface area contributed by atoms with Crippen LogP contribution >= 0.6 is 0 Å². The molecule has 0 heterocycles. The molecular weight excluding hydrogens is 346 g/mol. The highest BCUT2D eigenvalue weighted by atomic mass is 16.6. The maximum Gasteiger partial charge on any atom is 0.407 e. The van der Waals surface area contributed by atoms with Crippen LogP contribution in [0.4, 0.5) is 4.79 Å². The summed E-state index contributed by atoms with van der Waals surface area (Å²) in [6.45, 7) is 6.27. The van der Waals surface area contributed by atoms with Gasteiger partial charge >= 0.3 is 12.1 Å². The number of hydrogen-bond acceptors (Lipinski definition) is 5. The maximum absolute atomic E-state index is 11.9. The van der Waals surface area contributed by atoms with Gasteiger partial charge in [-0.1, -0.05) is 30.3 Å². The fraction of sp³-hybridized carbons (Fsp3) is 0.333. The normalized spacial score (nSPS) is 10.8. The van der Waals surface area contributed by atoms with Crippen LogP contribution in [0.1, 0.15) is 36.7 Å². The van der Waals surface area contributed by atoms with Gasteiger partial charge in [0.2, 0.25) is 0 Å². The second-order valence-corrected chi connectivity index (χ2v) is 6.86. The zero-order valence-electron chi connectivity index (χ0n) is 15.9. The van der Waals surface area contributed by atoms with Gasteiger partial charge in [-0.2, -0.15) is 0 Å². The van der Waals surface area contributed by atoms with Crippen molar-refractivity contribution in [3.05, 3.63) is 65.7 Å². The number of ether oxygens (including phenoxy) is 3. The molecule has 0 aliphatic carbocycles. The Morgan fingerprint density at radius 1 is 0.963 bits per heavy atom. The SMILES string of the molecule is CC(C)(C)OC(=O)c1ccc(OCCNC(=O)OCc2ccccc2)cc1. The zero-order valence-corrected chi connectivity index (χ0v) is 15.9. The number of alkyl carbamates (subject to hydrolysis) is 1. The summed E-state index contributed by atoms with van der Waals surface area (Å²) in [5.41, 5.74) is 0.849. The molecule has 27 heavy (non-hydrogen) atoms. The fourth-order valence-electron chi connectivity index (χ4n) is 2.12. The smallest absolute Gasteiger partial charge is 0.407 e. The first-order chi connectivity index (χ1) is 12.8. The van der Waals surface area contributed by atoms with E-state index in [0.717, 1.165) is 5.56 Å². The van der Waals surface area contributed by atoms with E-state index in [1.165, 1.54) is 0 Å². The number of esters is 1. The Kier molecular flexibility index (Phi) is 7.23. The van der Waals surface area contributed by atoms with Crippen LogP contribution in [0.15, 0.2) is 54.6 Å². The van der Waals surface area contributed by atoms with Gasteiger partial charge in [0.15, 0.2) is 0 Å². The molecule has 6 heteroatoms. The lowest BCUT2D eigenvalue weighted by Gasteiger charge is -2.19. The lowest BCUT2D eigenvalue weighted by Crippen LogP contribution is -2.28. The van der Waals surface area contributed by atoms with Gasteiger partial charge in [0, 0.05) is 0 Å². The molecule has 0 saturated heterocycles. The Hall–Kier alpha value is -3.02. The molecule has 0 radical (unpaired) electrons. The number of carbonyl (C=O) groups is 2. The lowest BCUT2D eigenvalue weighted by atomic mass is 10.1. The average Bonchev–Trinajstić information content (AvgIpc) is 2.63. The van der Waals surface area contributed by atoms with E-state index in [1.807, 2.05) is 51.1 Å². The van der Waals surface area contributed by atoms with Crippen LogP contribution in [-0.2, 0) is 16.1 Å². The summed E-state index contributed by atoms with van der Waals surface area (Å²) in [5.74, 6) is 0.221. The van der Waals surface area contributed by atoms with Crippen molar-refractivity contribution < 1.29 is 23.8 Å². The molecule has 1 N–H and O–H groups in total. The topological polar surface area (TPSA) is 73.9 Å². The van der Waals surface area contributed by atoms with Crippen molar-refractivity contribution in [1.29, 1.82) is 0 Å². The highest BCUT2D eigenvalue weighted by molar-refractivity contribution is 5.89. The Morgan fingerprint density at radius 2 is 1.63 bits per heavy atom. The van der Waals surface area contributed by atoms with Crippen molar-refractivity contribution >= 4 is 12.1 Å². The molecule has 0 aromatic heterocycles. The maximum atomic E-state index is 11.9. The number of amides is 1. The lowest BCUT2D eigenvalue weighted by molar-refractivity contribution is 0.00694. The number of rotatable bonds is 7. The van der Waals surface area contributed by atoms with Gasteiger partial charge < -0.3 is 19.5 Å². The third kappa shape index (κ3) is 7.81. The molecular formula is C21H25NO5. The van der Waals surface area contributed by atoms with Crippen molar-refractivity contribution in [3.63, 3.8) is 0 Å². The first-order valence-corrected chi connectivity index (χ1v) is 8.74. The summed E-state index contributed by atoms with van der Waals surface area (Å²) in [6, 6.07) is 16.1. The van der Waals surface area contributed by atoms with E-state index >= 15 is 0 Å². The summed E-state index contributed by atoms with van der Waals surface area (Å²) < 4.78 is 15.9. The van der Waals surface area contributed by atoms with Crippen LogP contribution < -0.4 is 10.1 Å². The molecule has 6 nitrogen and oxygen atoms in total. The molecule has 0 atom stereocenters. The Morgan fingerprint density at radius 3 is 2.26 bits per heavy atom. The third-order valence-corrected chi connectivity index (χ3v) is 3.34. The monoisotopic (exact) mass is 371 g/mol. The summed E-state index contributed by atoms with van der Waals surface area (Å²) in [6.07, 6.45) is -0.497. The van der Waals surface area contributed by atoms with Gasteiger partial charge in [-0.05, 0) is 50.6 Å². The van der Waals surface area contributed by atoms with Gasteiger partial charge in [-0.15, -0.1) is 0 Å². The van der Waals surface area contributed by atoms with E-state index in [2.05, 4.69) is 5.32 Å². The molecule has 0 spiro atoms.